The van der Waals surface area contributed by atoms with E-state index >= 15 is 0 Å². The third kappa shape index (κ3) is 4.10. The summed E-state index contributed by atoms with van der Waals surface area (Å²) in [5, 5.41) is 12.3. The number of aliphatic carboxylic acids is 1. The summed E-state index contributed by atoms with van der Waals surface area (Å²) in [7, 11) is 0. The Morgan fingerprint density at radius 2 is 1.74 bits per heavy atom. The minimum Gasteiger partial charge on any atom is -0.480 e. The molecule has 2 rings (SSSR count). The van der Waals surface area contributed by atoms with Crippen LogP contribution in [0.2, 0.25) is 0 Å². The molecule has 4 heteroatoms. The van der Waals surface area contributed by atoms with Gasteiger partial charge in [-0.3, -0.25) is 0 Å². The maximum atomic E-state index is 11.3. The molecule has 1 unspecified atom stereocenters. The molecule has 0 aliphatic rings. The normalized spacial score (nSPS) is 11.8. The minimum atomic E-state index is -0.855. The highest BCUT2D eigenvalue weighted by atomic mass is 79.9. The first kappa shape index (κ1) is 13.6. The fourth-order valence-electron chi connectivity index (χ4n) is 1.80. The van der Waals surface area contributed by atoms with Gasteiger partial charge in [0.15, 0.2) is 0 Å². The first-order valence-electron chi connectivity index (χ1n) is 5.94. The van der Waals surface area contributed by atoms with Crippen molar-refractivity contribution in [1.82, 2.24) is 0 Å². The van der Waals surface area contributed by atoms with Crippen molar-refractivity contribution in [3.05, 3.63) is 64.6 Å². The molecule has 98 valence electrons. The first-order valence-corrected chi connectivity index (χ1v) is 6.73. The van der Waals surface area contributed by atoms with Crippen LogP contribution in [0.3, 0.4) is 0 Å². The van der Waals surface area contributed by atoms with E-state index in [9.17, 15) is 9.90 Å². The molecule has 2 aromatic rings. The van der Waals surface area contributed by atoms with Gasteiger partial charge in [-0.25, -0.2) is 4.79 Å². The van der Waals surface area contributed by atoms with Crippen LogP contribution < -0.4 is 5.32 Å². The average molecular weight is 320 g/mol. The lowest BCUT2D eigenvalue weighted by atomic mass is 10.1. The second-order valence-electron chi connectivity index (χ2n) is 4.23. The molecule has 0 saturated heterocycles. The van der Waals surface area contributed by atoms with Gasteiger partial charge in [0.2, 0.25) is 0 Å². The third-order valence-corrected chi connectivity index (χ3v) is 3.29. The van der Waals surface area contributed by atoms with E-state index in [1.165, 1.54) is 0 Å². The number of halogens is 1. The highest BCUT2D eigenvalue weighted by Gasteiger charge is 2.17. The molecule has 0 spiro atoms. The van der Waals surface area contributed by atoms with Crippen molar-refractivity contribution in [2.75, 3.05) is 5.32 Å². The van der Waals surface area contributed by atoms with Gasteiger partial charge in [0.05, 0.1) is 0 Å². The van der Waals surface area contributed by atoms with Crippen LogP contribution in [0.1, 0.15) is 5.56 Å². The monoisotopic (exact) mass is 319 g/mol. The van der Waals surface area contributed by atoms with Crippen LogP contribution in [0.15, 0.2) is 59.1 Å². The van der Waals surface area contributed by atoms with Crippen molar-refractivity contribution < 1.29 is 9.90 Å². The molecule has 0 saturated carbocycles. The summed E-state index contributed by atoms with van der Waals surface area (Å²) in [4.78, 5) is 11.3. The third-order valence-electron chi connectivity index (χ3n) is 2.77. The van der Waals surface area contributed by atoms with Crippen molar-refractivity contribution >= 4 is 27.6 Å². The summed E-state index contributed by atoms with van der Waals surface area (Å²) in [6.45, 7) is 0. The van der Waals surface area contributed by atoms with Gasteiger partial charge in [0.1, 0.15) is 6.04 Å². The molecule has 0 amide bonds. The summed E-state index contributed by atoms with van der Waals surface area (Å²) in [6, 6.07) is 16.4. The lowest BCUT2D eigenvalue weighted by molar-refractivity contribution is -0.137. The van der Waals surface area contributed by atoms with E-state index in [1.54, 1.807) is 0 Å². The van der Waals surface area contributed by atoms with Gasteiger partial charge in [-0.05, 0) is 29.8 Å². The Morgan fingerprint density at radius 1 is 1.11 bits per heavy atom. The number of nitrogens with one attached hydrogen (secondary N) is 1. The Labute approximate surface area is 120 Å². The molecule has 0 radical (unpaired) electrons. The Kier molecular flexibility index (Phi) is 4.58. The van der Waals surface area contributed by atoms with E-state index in [-0.39, 0.29) is 0 Å². The number of carbonyl (C=O) groups is 1. The molecule has 2 N–H and O–H groups in total. The van der Waals surface area contributed by atoms with Gasteiger partial charge in [-0.2, -0.15) is 0 Å². The van der Waals surface area contributed by atoms with E-state index < -0.39 is 12.0 Å². The van der Waals surface area contributed by atoms with Crippen LogP contribution in [0.5, 0.6) is 0 Å². The van der Waals surface area contributed by atoms with Crippen LogP contribution in [0, 0.1) is 0 Å². The summed E-state index contributed by atoms with van der Waals surface area (Å²) in [5.74, 6) is -0.855. The number of hydrogen-bond acceptors (Lipinski definition) is 2. The molecule has 0 aliphatic heterocycles. The molecule has 0 fully saturated rings. The number of rotatable bonds is 5. The average Bonchev–Trinajstić information content (AvgIpc) is 2.41. The maximum Gasteiger partial charge on any atom is 0.326 e. The molecule has 0 heterocycles. The fraction of sp³-hybridized carbons (Fsp3) is 0.133. The van der Waals surface area contributed by atoms with E-state index in [0.29, 0.717) is 6.42 Å². The molecule has 19 heavy (non-hydrogen) atoms. The van der Waals surface area contributed by atoms with Crippen LogP contribution in [-0.4, -0.2) is 17.1 Å². The zero-order chi connectivity index (χ0) is 13.7. The lowest BCUT2D eigenvalue weighted by Crippen LogP contribution is -2.31. The van der Waals surface area contributed by atoms with Crippen molar-refractivity contribution in [3.63, 3.8) is 0 Å². The summed E-state index contributed by atoms with van der Waals surface area (Å²) in [6.07, 6.45) is 0.451. The van der Waals surface area contributed by atoms with Crippen LogP contribution in [-0.2, 0) is 11.2 Å². The predicted octanol–water partition coefficient (Wildman–Crippen LogP) is 3.56. The molecule has 3 nitrogen and oxygen atoms in total. The summed E-state index contributed by atoms with van der Waals surface area (Å²) >= 11 is 3.35. The smallest absolute Gasteiger partial charge is 0.326 e. The second kappa shape index (κ2) is 6.38. The topological polar surface area (TPSA) is 49.3 Å². The molecule has 2 aromatic carbocycles. The molecule has 0 aromatic heterocycles. The van der Waals surface area contributed by atoms with E-state index in [4.69, 9.17) is 0 Å². The number of benzene rings is 2. The zero-order valence-electron chi connectivity index (χ0n) is 10.2. The highest BCUT2D eigenvalue weighted by Crippen LogP contribution is 2.16. The lowest BCUT2D eigenvalue weighted by Gasteiger charge is -2.16. The van der Waals surface area contributed by atoms with E-state index in [2.05, 4.69) is 21.2 Å². The van der Waals surface area contributed by atoms with Crippen molar-refractivity contribution in [1.29, 1.82) is 0 Å². The van der Waals surface area contributed by atoms with E-state index in [1.807, 2.05) is 54.6 Å². The van der Waals surface area contributed by atoms with Crippen molar-refractivity contribution in [2.24, 2.45) is 0 Å². The Hall–Kier alpha value is -1.81. The summed E-state index contributed by atoms with van der Waals surface area (Å²) < 4.78 is 0.966. The second-order valence-corrected chi connectivity index (χ2v) is 5.15. The van der Waals surface area contributed by atoms with Crippen LogP contribution >= 0.6 is 15.9 Å². The van der Waals surface area contributed by atoms with Gasteiger partial charge < -0.3 is 10.4 Å². The Bertz CT molecular complexity index is 540. The van der Waals surface area contributed by atoms with Gasteiger partial charge >= 0.3 is 5.97 Å². The SMILES string of the molecule is O=C(O)C(Cc1ccccc1)Nc1ccc(Br)cc1. The van der Waals surface area contributed by atoms with Gasteiger partial charge in [-0.15, -0.1) is 0 Å². The summed E-state index contributed by atoms with van der Waals surface area (Å²) in [5.41, 5.74) is 1.80. The highest BCUT2D eigenvalue weighted by molar-refractivity contribution is 9.10. The van der Waals surface area contributed by atoms with Crippen LogP contribution in [0.25, 0.3) is 0 Å². The standard InChI is InChI=1S/C15H14BrNO2/c16-12-6-8-13(9-7-12)17-14(15(18)19)10-11-4-2-1-3-5-11/h1-9,14,17H,10H2,(H,18,19). The van der Waals surface area contributed by atoms with E-state index in [0.717, 1.165) is 15.7 Å². The van der Waals surface area contributed by atoms with Crippen molar-refractivity contribution in [2.45, 2.75) is 12.5 Å². The maximum absolute atomic E-state index is 11.3. The molecule has 1 atom stereocenters. The largest absolute Gasteiger partial charge is 0.480 e. The number of hydrogen-bond donors (Lipinski definition) is 2. The zero-order valence-corrected chi connectivity index (χ0v) is 11.8. The molecule has 0 aliphatic carbocycles. The minimum absolute atomic E-state index is 0.451. The number of anilines is 1. The Morgan fingerprint density at radius 3 is 2.32 bits per heavy atom. The van der Waals surface area contributed by atoms with Gasteiger partial charge in [0, 0.05) is 16.6 Å². The van der Waals surface area contributed by atoms with Crippen molar-refractivity contribution in [3.8, 4) is 0 Å². The number of carboxylic acids is 1. The van der Waals surface area contributed by atoms with Crippen LogP contribution in [0.4, 0.5) is 5.69 Å². The number of carboxylic acid groups (broad SMARTS) is 1. The predicted molar refractivity (Wildman–Crippen MR) is 79.3 cm³/mol. The molecule has 0 bridgehead atoms. The Balaban J connectivity index is 2.08. The fourth-order valence-corrected chi connectivity index (χ4v) is 2.06. The molecular weight excluding hydrogens is 306 g/mol. The van der Waals surface area contributed by atoms with Gasteiger partial charge in [-0.1, -0.05) is 46.3 Å². The first-order chi connectivity index (χ1) is 9.15. The molecular formula is C15H14BrNO2. The quantitative estimate of drug-likeness (QED) is 0.886. The van der Waals surface area contributed by atoms with Gasteiger partial charge in [0.25, 0.3) is 0 Å².